The van der Waals surface area contributed by atoms with Gasteiger partial charge in [-0.05, 0) is 24.9 Å². The summed E-state index contributed by atoms with van der Waals surface area (Å²) < 4.78 is 1.82. The number of aromatic nitrogens is 2. The lowest BCUT2D eigenvalue weighted by molar-refractivity contribution is -0.646. The van der Waals surface area contributed by atoms with Crippen LogP contribution in [0.3, 0.4) is 0 Å². The Morgan fingerprint density at radius 2 is 2.38 bits per heavy atom. The van der Waals surface area contributed by atoms with Crippen LogP contribution >= 0.6 is 11.8 Å². The minimum absolute atomic E-state index is 0.000185. The number of hydrogen-bond donors (Lipinski definition) is 0. The van der Waals surface area contributed by atoms with Crippen LogP contribution in [0.1, 0.15) is 12.5 Å². The molecule has 70 valence electrons. The molecule has 0 saturated carbocycles. The number of hydrogen-bond acceptors (Lipinski definition) is 2. The van der Waals surface area contributed by atoms with E-state index in [2.05, 4.69) is 15.7 Å². The molecule has 0 aromatic carbocycles. The third kappa shape index (κ3) is 1.33. The molecule has 2 rings (SSSR count). The lowest BCUT2D eigenvalue weighted by Gasteiger charge is -2.23. The van der Waals surface area contributed by atoms with Gasteiger partial charge in [0.15, 0.2) is 0 Å². The van der Waals surface area contributed by atoms with Crippen molar-refractivity contribution >= 4 is 17.7 Å². The van der Waals surface area contributed by atoms with Crippen LogP contribution < -0.4 is 4.68 Å². The van der Waals surface area contributed by atoms with Crippen molar-refractivity contribution in [1.82, 2.24) is 4.98 Å². The first-order valence-corrected chi connectivity index (χ1v) is 5.32. The highest BCUT2D eigenvalue weighted by Crippen LogP contribution is 2.28. The van der Waals surface area contributed by atoms with Gasteiger partial charge in [-0.3, -0.25) is 5.32 Å². The summed E-state index contributed by atoms with van der Waals surface area (Å²) in [5, 5.41) is 5.40. The molecule has 0 fully saturated rings. The van der Waals surface area contributed by atoms with Gasteiger partial charge in [0.25, 0.3) is 0 Å². The Labute approximate surface area is 81.7 Å². The molecule has 0 spiro atoms. The van der Waals surface area contributed by atoms with E-state index in [0.29, 0.717) is 5.95 Å². The number of rotatable bonds is 1. The molecule has 0 radical (unpaired) electrons. The zero-order valence-electron chi connectivity index (χ0n) is 7.85. The van der Waals surface area contributed by atoms with Gasteiger partial charge in [-0.2, -0.15) is 0 Å². The molecule has 0 amide bonds. The Morgan fingerprint density at radius 1 is 1.62 bits per heavy atom. The molecular formula is C8H11N4S-. The fraction of sp³-hybridized carbons (Fsp3) is 0.500. The predicted octanol–water partition coefficient (Wildman–Crippen LogP) is 1.90. The Hall–Kier alpha value is -0.970. The van der Waals surface area contributed by atoms with Crippen LogP contribution in [0.2, 0.25) is 0 Å². The summed E-state index contributed by atoms with van der Waals surface area (Å²) in [5.74, 6) is 0.711. The molecule has 1 unspecified atom stereocenters. The second-order valence-corrected chi connectivity index (χ2v) is 3.73. The topological polar surface area (TPSA) is 45.0 Å². The molecule has 1 aliphatic heterocycles. The SMILES string of the molecule is CSc1c(C)cnc2[n+]1[N-]C(C)[N-]2. The van der Waals surface area contributed by atoms with Crippen molar-refractivity contribution in [2.45, 2.75) is 25.0 Å². The van der Waals surface area contributed by atoms with Gasteiger partial charge in [-0.15, -0.1) is 11.8 Å². The quantitative estimate of drug-likeness (QED) is 0.390. The van der Waals surface area contributed by atoms with Crippen molar-refractivity contribution in [2.24, 2.45) is 0 Å². The molecule has 1 atom stereocenters. The number of nitrogens with zero attached hydrogens (tertiary/aromatic N) is 4. The molecule has 1 aliphatic rings. The van der Waals surface area contributed by atoms with Crippen molar-refractivity contribution in [3.05, 3.63) is 22.5 Å². The Balaban J connectivity index is 2.52. The summed E-state index contributed by atoms with van der Waals surface area (Å²) in [4.78, 5) is 4.21. The first kappa shape index (κ1) is 8.62. The van der Waals surface area contributed by atoms with E-state index >= 15 is 0 Å². The van der Waals surface area contributed by atoms with E-state index in [0.717, 1.165) is 10.6 Å². The van der Waals surface area contributed by atoms with Gasteiger partial charge in [0, 0.05) is 6.20 Å². The highest BCUT2D eigenvalue weighted by molar-refractivity contribution is 7.98. The van der Waals surface area contributed by atoms with E-state index in [-0.39, 0.29) is 6.17 Å². The highest BCUT2D eigenvalue weighted by Gasteiger charge is 2.11. The van der Waals surface area contributed by atoms with E-state index in [4.69, 9.17) is 0 Å². The van der Waals surface area contributed by atoms with Crippen molar-refractivity contribution in [1.29, 1.82) is 0 Å². The van der Waals surface area contributed by atoms with Crippen molar-refractivity contribution in [2.75, 3.05) is 6.26 Å². The van der Waals surface area contributed by atoms with Gasteiger partial charge in [-0.25, -0.2) is 4.98 Å². The summed E-state index contributed by atoms with van der Waals surface area (Å²) >= 11 is 1.67. The van der Waals surface area contributed by atoms with Crippen LogP contribution in [-0.2, 0) is 0 Å². The lowest BCUT2D eigenvalue weighted by atomic mass is 10.4. The molecule has 5 heteroatoms. The van der Waals surface area contributed by atoms with Gasteiger partial charge in [0.05, 0.1) is 5.03 Å². The van der Waals surface area contributed by atoms with E-state index in [9.17, 15) is 0 Å². The van der Waals surface area contributed by atoms with Gasteiger partial charge in [0.2, 0.25) is 5.95 Å². The third-order valence-electron chi connectivity index (χ3n) is 1.87. The molecule has 0 N–H and O–H groups in total. The minimum atomic E-state index is 0.000185. The van der Waals surface area contributed by atoms with Crippen LogP contribution in [0, 0.1) is 6.92 Å². The molecule has 0 bridgehead atoms. The van der Waals surface area contributed by atoms with Gasteiger partial charge < -0.3 is 10.1 Å². The van der Waals surface area contributed by atoms with Crippen molar-refractivity contribution < 1.29 is 4.68 Å². The van der Waals surface area contributed by atoms with Crippen LogP contribution in [0.15, 0.2) is 11.2 Å². The monoisotopic (exact) mass is 195 g/mol. The maximum Gasteiger partial charge on any atom is 0.210 e. The Kier molecular flexibility index (Phi) is 2.03. The largest absolute Gasteiger partial charge is 0.593 e. The fourth-order valence-corrected chi connectivity index (χ4v) is 2.00. The van der Waals surface area contributed by atoms with E-state index < -0.39 is 0 Å². The van der Waals surface area contributed by atoms with Crippen molar-refractivity contribution in [3.8, 4) is 0 Å². The standard InChI is InChI=1S/C8H11N4S/c1-5-4-9-8-10-6(2)11-12(8)7(5)13-3/h4,6H,1-3H3/q-1. The predicted molar refractivity (Wildman–Crippen MR) is 52.2 cm³/mol. The Bertz CT molecular complexity index is 339. The third-order valence-corrected chi connectivity index (χ3v) is 2.75. The summed E-state index contributed by atoms with van der Waals surface area (Å²) in [6, 6.07) is 0. The highest BCUT2D eigenvalue weighted by atomic mass is 32.2. The molecule has 1 aromatic heterocycles. The van der Waals surface area contributed by atoms with Gasteiger partial charge in [-0.1, -0.05) is 6.92 Å². The average molecular weight is 195 g/mol. The molecule has 13 heavy (non-hydrogen) atoms. The summed E-state index contributed by atoms with van der Waals surface area (Å²) in [5.41, 5.74) is 5.49. The molecule has 0 aliphatic carbocycles. The fourth-order valence-electron chi connectivity index (χ4n) is 1.32. The molecule has 2 heterocycles. The van der Waals surface area contributed by atoms with E-state index in [1.807, 2.05) is 31.0 Å². The van der Waals surface area contributed by atoms with E-state index in [1.165, 1.54) is 0 Å². The zero-order chi connectivity index (χ0) is 9.42. The number of thioether (sulfide) groups is 1. The van der Waals surface area contributed by atoms with Crippen LogP contribution in [0.25, 0.3) is 10.7 Å². The smallest absolute Gasteiger partial charge is 0.210 e. The lowest BCUT2D eigenvalue weighted by Crippen LogP contribution is -2.31. The van der Waals surface area contributed by atoms with Crippen LogP contribution in [0.4, 0.5) is 5.95 Å². The summed E-state index contributed by atoms with van der Waals surface area (Å²) in [7, 11) is 0. The second kappa shape index (κ2) is 3.06. The van der Waals surface area contributed by atoms with Gasteiger partial charge >= 0.3 is 0 Å². The van der Waals surface area contributed by atoms with Gasteiger partial charge in [0.1, 0.15) is 0 Å². The van der Waals surface area contributed by atoms with Crippen LogP contribution in [0.5, 0.6) is 0 Å². The molecule has 0 saturated heterocycles. The first-order valence-electron chi connectivity index (χ1n) is 4.10. The second-order valence-electron chi connectivity index (χ2n) is 2.94. The summed E-state index contributed by atoms with van der Waals surface area (Å²) in [6.45, 7) is 3.98. The summed E-state index contributed by atoms with van der Waals surface area (Å²) in [6.07, 6.45) is 3.88. The maximum absolute atomic E-state index is 4.35. The molecular weight excluding hydrogens is 184 g/mol. The minimum Gasteiger partial charge on any atom is -0.593 e. The van der Waals surface area contributed by atoms with E-state index in [1.54, 1.807) is 11.8 Å². The maximum atomic E-state index is 4.35. The normalized spacial score (nSPS) is 19.2. The zero-order valence-corrected chi connectivity index (χ0v) is 8.67. The average Bonchev–Trinajstić information content (AvgIpc) is 2.45. The first-order chi connectivity index (χ1) is 6.22. The van der Waals surface area contributed by atoms with Crippen LogP contribution in [-0.4, -0.2) is 17.4 Å². The molecule has 1 aromatic rings. The van der Waals surface area contributed by atoms with Crippen molar-refractivity contribution in [3.63, 3.8) is 0 Å². The Morgan fingerprint density at radius 3 is 3.08 bits per heavy atom. The molecule has 4 nitrogen and oxygen atoms in total. The number of fused-ring (bicyclic) bond motifs is 1. The number of aryl methyl sites for hydroxylation is 1.